The quantitative estimate of drug-likeness (QED) is 0.501. The Balaban J connectivity index is 2.04. The smallest absolute Gasteiger partial charge is 0.310 e. The minimum Gasteiger partial charge on any atom is -0.469 e. The summed E-state index contributed by atoms with van der Waals surface area (Å²) in [6, 6.07) is 19.1. The Bertz CT molecular complexity index is 672. The first-order valence-corrected chi connectivity index (χ1v) is 9.20. The minimum absolute atomic E-state index is 0.0594. The molecule has 0 saturated carbocycles. The van der Waals surface area contributed by atoms with Crippen molar-refractivity contribution in [3.63, 3.8) is 0 Å². The highest BCUT2D eigenvalue weighted by Gasteiger charge is 2.27. The van der Waals surface area contributed by atoms with Crippen molar-refractivity contribution in [2.75, 3.05) is 27.3 Å². The molecule has 0 heterocycles. The molecule has 0 saturated heterocycles. The summed E-state index contributed by atoms with van der Waals surface area (Å²) in [4.78, 5) is 24.3. The molecule has 0 aliphatic heterocycles. The number of hydrogen-bond donors (Lipinski definition) is 1. The number of rotatable bonds is 10. The van der Waals surface area contributed by atoms with E-state index in [0.717, 1.165) is 16.2 Å². The highest BCUT2D eigenvalue weighted by Crippen LogP contribution is 2.15. The number of hydrogen-bond acceptors (Lipinski definition) is 6. The van der Waals surface area contributed by atoms with Crippen LogP contribution in [0.15, 0.2) is 60.7 Å². The van der Waals surface area contributed by atoms with Crippen LogP contribution in [0.5, 0.6) is 0 Å². The number of methoxy groups -OCH3 is 2. The molecule has 6 nitrogen and oxygen atoms in total. The first kappa shape index (κ1) is 21.6. The van der Waals surface area contributed by atoms with Gasteiger partial charge in [-0.3, -0.25) is 9.59 Å². The molecule has 2 aromatic rings. The Morgan fingerprint density at radius 1 is 0.786 bits per heavy atom. The van der Waals surface area contributed by atoms with Crippen LogP contribution in [-0.2, 0) is 31.9 Å². The highest BCUT2D eigenvalue weighted by atomic mass is 16.5. The van der Waals surface area contributed by atoms with Crippen LogP contribution >= 0.6 is 0 Å². The van der Waals surface area contributed by atoms with Crippen molar-refractivity contribution >= 4 is 11.9 Å². The molecular formula is C22H27NO5. The van der Waals surface area contributed by atoms with Gasteiger partial charge in [-0.05, 0) is 24.0 Å². The third-order valence-electron chi connectivity index (χ3n) is 4.58. The SMILES string of the molecule is COC(=O)C(Cc1ccccc1)CN(O)CC(Cc1ccccc1)C(=O)OC. The predicted octanol–water partition coefficient (Wildman–Crippen LogP) is 2.74. The first-order valence-electron chi connectivity index (χ1n) is 9.20. The maximum absolute atomic E-state index is 12.2. The van der Waals surface area contributed by atoms with E-state index in [4.69, 9.17) is 9.47 Å². The Hall–Kier alpha value is -2.70. The van der Waals surface area contributed by atoms with Gasteiger partial charge in [0.05, 0.1) is 26.1 Å². The van der Waals surface area contributed by atoms with E-state index < -0.39 is 23.8 Å². The topological polar surface area (TPSA) is 76.1 Å². The number of ether oxygens (including phenoxy) is 2. The Morgan fingerprint density at radius 2 is 1.14 bits per heavy atom. The number of benzene rings is 2. The molecule has 0 radical (unpaired) electrons. The molecule has 150 valence electrons. The van der Waals surface area contributed by atoms with Crippen molar-refractivity contribution in [1.29, 1.82) is 0 Å². The van der Waals surface area contributed by atoms with E-state index in [0.29, 0.717) is 12.8 Å². The van der Waals surface area contributed by atoms with Crippen LogP contribution in [0.4, 0.5) is 0 Å². The van der Waals surface area contributed by atoms with Gasteiger partial charge < -0.3 is 14.7 Å². The maximum atomic E-state index is 12.2. The molecule has 0 fully saturated rings. The van der Waals surface area contributed by atoms with Gasteiger partial charge >= 0.3 is 11.9 Å². The lowest BCUT2D eigenvalue weighted by atomic mass is 9.97. The van der Waals surface area contributed by atoms with Gasteiger partial charge in [0.25, 0.3) is 0 Å². The molecular weight excluding hydrogens is 358 g/mol. The van der Waals surface area contributed by atoms with E-state index in [1.54, 1.807) is 0 Å². The van der Waals surface area contributed by atoms with Crippen molar-refractivity contribution < 1.29 is 24.3 Å². The summed E-state index contributed by atoms with van der Waals surface area (Å²) in [5.41, 5.74) is 1.94. The largest absolute Gasteiger partial charge is 0.469 e. The summed E-state index contributed by atoms with van der Waals surface area (Å²) < 4.78 is 9.77. The first-order chi connectivity index (χ1) is 13.5. The van der Waals surface area contributed by atoms with Crippen LogP contribution in [0.1, 0.15) is 11.1 Å². The fraction of sp³-hybridized carbons (Fsp3) is 0.364. The second-order valence-electron chi connectivity index (χ2n) is 6.69. The molecule has 1 N–H and O–H groups in total. The van der Waals surface area contributed by atoms with Crippen molar-refractivity contribution in [3.05, 3.63) is 71.8 Å². The third kappa shape index (κ3) is 6.79. The lowest BCUT2D eigenvalue weighted by molar-refractivity contribution is -0.161. The van der Waals surface area contributed by atoms with Crippen molar-refractivity contribution in [2.45, 2.75) is 12.8 Å². The van der Waals surface area contributed by atoms with Gasteiger partial charge in [-0.15, -0.1) is 0 Å². The predicted molar refractivity (Wildman–Crippen MR) is 105 cm³/mol. The summed E-state index contributed by atoms with van der Waals surface area (Å²) in [5.74, 6) is -1.90. The second-order valence-corrected chi connectivity index (χ2v) is 6.69. The van der Waals surface area contributed by atoms with Crippen LogP contribution < -0.4 is 0 Å². The Labute approximate surface area is 165 Å². The summed E-state index contributed by atoms with van der Waals surface area (Å²) in [5, 5.41) is 11.5. The van der Waals surface area contributed by atoms with E-state index in [2.05, 4.69) is 0 Å². The van der Waals surface area contributed by atoms with E-state index in [9.17, 15) is 14.8 Å². The molecule has 0 spiro atoms. The fourth-order valence-electron chi connectivity index (χ4n) is 3.16. The Morgan fingerprint density at radius 3 is 1.46 bits per heavy atom. The van der Waals surface area contributed by atoms with Gasteiger partial charge in [0.1, 0.15) is 0 Å². The van der Waals surface area contributed by atoms with Crippen LogP contribution in [0.2, 0.25) is 0 Å². The van der Waals surface area contributed by atoms with Crippen LogP contribution in [0.3, 0.4) is 0 Å². The van der Waals surface area contributed by atoms with Crippen LogP contribution in [0.25, 0.3) is 0 Å². The third-order valence-corrected chi connectivity index (χ3v) is 4.58. The molecule has 0 bridgehead atoms. The monoisotopic (exact) mass is 385 g/mol. The maximum Gasteiger partial charge on any atom is 0.310 e. The van der Waals surface area contributed by atoms with Crippen molar-refractivity contribution in [1.82, 2.24) is 5.06 Å². The standard InChI is InChI=1S/C22H27NO5/c1-27-21(24)19(13-17-9-5-3-6-10-17)15-23(26)16-20(22(25)28-2)14-18-11-7-4-8-12-18/h3-12,19-20,26H,13-16H2,1-2H3. The molecule has 2 unspecified atom stereocenters. The average molecular weight is 385 g/mol. The molecule has 28 heavy (non-hydrogen) atoms. The van der Waals surface area contributed by atoms with Gasteiger partial charge in [-0.25, -0.2) is 0 Å². The average Bonchev–Trinajstić information content (AvgIpc) is 2.73. The van der Waals surface area contributed by atoms with Crippen LogP contribution in [0, 0.1) is 11.8 Å². The zero-order chi connectivity index (χ0) is 20.4. The van der Waals surface area contributed by atoms with Gasteiger partial charge in [-0.1, -0.05) is 60.7 Å². The van der Waals surface area contributed by atoms with E-state index in [1.165, 1.54) is 14.2 Å². The van der Waals surface area contributed by atoms with Gasteiger partial charge in [0.15, 0.2) is 0 Å². The molecule has 0 aliphatic carbocycles. The zero-order valence-electron chi connectivity index (χ0n) is 16.3. The van der Waals surface area contributed by atoms with E-state index in [1.807, 2.05) is 60.7 Å². The summed E-state index contributed by atoms with van der Waals surface area (Å²) in [6.07, 6.45) is 0.873. The zero-order valence-corrected chi connectivity index (χ0v) is 16.3. The summed E-state index contributed by atoms with van der Waals surface area (Å²) in [6.45, 7) is 0.119. The number of hydroxylamine groups is 2. The van der Waals surface area contributed by atoms with Crippen LogP contribution in [-0.4, -0.2) is 49.5 Å². The second kappa shape index (κ2) is 11.2. The van der Waals surface area contributed by atoms with E-state index >= 15 is 0 Å². The molecule has 2 aromatic carbocycles. The van der Waals surface area contributed by atoms with Gasteiger partial charge in [-0.2, -0.15) is 5.06 Å². The highest BCUT2D eigenvalue weighted by molar-refractivity contribution is 5.73. The number of carbonyl (C=O) groups is 2. The fourth-order valence-corrected chi connectivity index (χ4v) is 3.16. The molecule has 0 aliphatic rings. The molecule has 2 atom stereocenters. The van der Waals surface area contributed by atoms with Crippen molar-refractivity contribution in [2.24, 2.45) is 11.8 Å². The number of nitrogens with zero attached hydrogens (tertiary/aromatic N) is 1. The molecule has 0 aromatic heterocycles. The number of esters is 2. The molecule has 6 heteroatoms. The van der Waals surface area contributed by atoms with Gasteiger partial charge in [0.2, 0.25) is 0 Å². The summed E-state index contributed by atoms with van der Waals surface area (Å²) >= 11 is 0. The normalized spacial score (nSPS) is 13.0. The Kier molecular flexibility index (Phi) is 8.65. The van der Waals surface area contributed by atoms with E-state index in [-0.39, 0.29) is 13.1 Å². The van der Waals surface area contributed by atoms with Gasteiger partial charge in [0, 0.05) is 13.1 Å². The molecule has 0 amide bonds. The molecule has 2 rings (SSSR count). The minimum atomic E-state index is -0.549. The van der Waals surface area contributed by atoms with Crippen molar-refractivity contribution in [3.8, 4) is 0 Å². The number of carbonyl (C=O) groups excluding carboxylic acids is 2. The lowest BCUT2D eigenvalue weighted by Gasteiger charge is -2.24. The summed E-state index contributed by atoms with van der Waals surface area (Å²) in [7, 11) is 2.66. The lowest BCUT2D eigenvalue weighted by Crippen LogP contribution is -2.38.